The van der Waals surface area contributed by atoms with Crippen LogP contribution in [0.3, 0.4) is 0 Å². The number of aromatic amines is 1. The van der Waals surface area contributed by atoms with Crippen LogP contribution in [0, 0.1) is 0 Å². The van der Waals surface area contributed by atoms with E-state index in [1.54, 1.807) is 6.33 Å². The van der Waals surface area contributed by atoms with E-state index in [1.807, 2.05) is 48.1 Å². The van der Waals surface area contributed by atoms with E-state index in [2.05, 4.69) is 27.4 Å². The fraction of sp³-hybridized carbons (Fsp3) is 0.158. The summed E-state index contributed by atoms with van der Waals surface area (Å²) in [6.07, 6.45) is 4.56. The Hall–Kier alpha value is -3.08. The van der Waals surface area contributed by atoms with Crippen LogP contribution in [0.2, 0.25) is 0 Å². The SMILES string of the molecule is Cn1cnc2cc(C(=O)NCCc3c[nH]c4ccccc34)ccc21. The second-order valence-electron chi connectivity index (χ2n) is 5.92. The average Bonchev–Trinajstić information content (AvgIpc) is 3.19. The molecular weight excluding hydrogens is 300 g/mol. The van der Waals surface area contributed by atoms with E-state index in [-0.39, 0.29) is 5.91 Å². The fourth-order valence-corrected chi connectivity index (χ4v) is 3.03. The van der Waals surface area contributed by atoms with Crippen molar-refractivity contribution < 1.29 is 4.79 Å². The predicted molar refractivity (Wildman–Crippen MR) is 95.0 cm³/mol. The number of carbonyl (C=O) groups excluding carboxylic acids is 1. The number of carbonyl (C=O) groups is 1. The number of imidazole rings is 1. The lowest BCUT2D eigenvalue weighted by atomic mass is 10.1. The molecule has 1 amide bonds. The minimum absolute atomic E-state index is 0.0672. The Bertz CT molecular complexity index is 1030. The van der Waals surface area contributed by atoms with Gasteiger partial charge in [0.25, 0.3) is 5.91 Å². The van der Waals surface area contributed by atoms with Crippen LogP contribution in [-0.2, 0) is 13.5 Å². The molecule has 0 aliphatic rings. The van der Waals surface area contributed by atoms with Crippen molar-refractivity contribution in [3.63, 3.8) is 0 Å². The summed E-state index contributed by atoms with van der Waals surface area (Å²) in [6.45, 7) is 0.598. The van der Waals surface area contributed by atoms with E-state index < -0.39 is 0 Å². The Balaban J connectivity index is 1.44. The van der Waals surface area contributed by atoms with E-state index in [0.29, 0.717) is 12.1 Å². The average molecular weight is 318 g/mol. The van der Waals surface area contributed by atoms with Crippen LogP contribution < -0.4 is 5.32 Å². The molecule has 0 aliphatic heterocycles. The van der Waals surface area contributed by atoms with Crippen molar-refractivity contribution in [1.82, 2.24) is 19.9 Å². The molecule has 0 unspecified atom stereocenters. The molecule has 0 fully saturated rings. The number of fused-ring (bicyclic) bond motifs is 2. The van der Waals surface area contributed by atoms with Crippen molar-refractivity contribution in [2.45, 2.75) is 6.42 Å². The van der Waals surface area contributed by atoms with Gasteiger partial charge in [0, 0.05) is 36.3 Å². The molecule has 0 atom stereocenters. The molecule has 2 N–H and O–H groups in total. The van der Waals surface area contributed by atoms with Gasteiger partial charge in [-0.3, -0.25) is 4.79 Å². The molecule has 4 rings (SSSR count). The number of H-pyrrole nitrogens is 1. The van der Waals surface area contributed by atoms with Gasteiger partial charge in [-0.1, -0.05) is 18.2 Å². The summed E-state index contributed by atoms with van der Waals surface area (Å²) in [5.41, 5.74) is 4.83. The molecule has 120 valence electrons. The number of aromatic nitrogens is 3. The molecule has 0 aliphatic carbocycles. The van der Waals surface area contributed by atoms with E-state index in [9.17, 15) is 4.79 Å². The quantitative estimate of drug-likeness (QED) is 0.607. The van der Waals surface area contributed by atoms with E-state index in [0.717, 1.165) is 23.0 Å². The maximum atomic E-state index is 12.3. The Kier molecular flexibility index (Phi) is 3.54. The number of nitrogens with one attached hydrogen (secondary N) is 2. The first-order valence-electron chi connectivity index (χ1n) is 7.96. The van der Waals surface area contributed by atoms with Crippen molar-refractivity contribution in [2.24, 2.45) is 7.05 Å². The van der Waals surface area contributed by atoms with Crippen LogP contribution in [0.25, 0.3) is 21.9 Å². The molecule has 2 aromatic heterocycles. The lowest BCUT2D eigenvalue weighted by molar-refractivity contribution is 0.0954. The zero-order valence-electron chi connectivity index (χ0n) is 13.4. The second kappa shape index (κ2) is 5.85. The van der Waals surface area contributed by atoms with Crippen molar-refractivity contribution in [1.29, 1.82) is 0 Å². The molecule has 0 bridgehead atoms. The van der Waals surface area contributed by atoms with E-state index in [4.69, 9.17) is 0 Å². The Morgan fingerprint density at radius 2 is 2.12 bits per heavy atom. The summed E-state index contributed by atoms with van der Waals surface area (Å²) >= 11 is 0. The van der Waals surface area contributed by atoms with Gasteiger partial charge in [0.1, 0.15) is 0 Å². The molecule has 5 heteroatoms. The van der Waals surface area contributed by atoms with Gasteiger partial charge in [0.15, 0.2) is 0 Å². The molecule has 0 saturated carbocycles. The summed E-state index contributed by atoms with van der Waals surface area (Å²) in [5, 5.41) is 4.20. The zero-order chi connectivity index (χ0) is 16.5. The molecule has 0 radical (unpaired) electrons. The molecule has 0 spiro atoms. The van der Waals surface area contributed by atoms with Gasteiger partial charge in [-0.15, -0.1) is 0 Å². The zero-order valence-corrected chi connectivity index (χ0v) is 13.4. The Labute approximate surface area is 139 Å². The highest BCUT2D eigenvalue weighted by Gasteiger charge is 2.09. The highest BCUT2D eigenvalue weighted by Crippen LogP contribution is 2.18. The van der Waals surface area contributed by atoms with Crippen LogP contribution >= 0.6 is 0 Å². The van der Waals surface area contributed by atoms with Crippen LogP contribution in [0.15, 0.2) is 55.0 Å². The highest BCUT2D eigenvalue weighted by molar-refractivity contribution is 5.97. The number of benzene rings is 2. The monoisotopic (exact) mass is 318 g/mol. The van der Waals surface area contributed by atoms with Gasteiger partial charge in [-0.05, 0) is 36.2 Å². The number of nitrogens with zero attached hydrogens (tertiary/aromatic N) is 2. The third-order valence-corrected chi connectivity index (χ3v) is 4.34. The molecule has 2 aromatic carbocycles. The summed E-state index contributed by atoms with van der Waals surface area (Å²) in [4.78, 5) is 19.9. The molecule has 0 saturated heterocycles. The van der Waals surface area contributed by atoms with Crippen LogP contribution in [0.4, 0.5) is 0 Å². The van der Waals surface area contributed by atoms with Crippen LogP contribution in [-0.4, -0.2) is 27.0 Å². The molecule has 2 heterocycles. The lowest BCUT2D eigenvalue weighted by Crippen LogP contribution is -2.25. The minimum Gasteiger partial charge on any atom is -0.361 e. The number of rotatable bonds is 4. The Morgan fingerprint density at radius 3 is 3.04 bits per heavy atom. The van der Waals surface area contributed by atoms with Crippen molar-refractivity contribution in [3.8, 4) is 0 Å². The maximum Gasteiger partial charge on any atom is 0.251 e. The molecule has 4 aromatic rings. The summed E-state index contributed by atoms with van der Waals surface area (Å²) < 4.78 is 1.94. The summed E-state index contributed by atoms with van der Waals surface area (Å²) in [7, 11) is 1.94. The minimum atomic E-state index is -0.0672. The lowest BCUT2D eigenvalue weighted by Gasteiger charge is -2.05. The fourth-order valence-electron chi connectivity index (χ4n) is 3.03. The van der Waals surface area contributed by atoms with Gasteiger partial charge in [0.05, 0.1) is 17.4 Å². The standard InChI is InChI=1S/C19H18N4O/c1-23-12-22-17-10-13(6-7-18(17)23)19(24)20-9-8-14-11-21-16-5-3-2-4-15(14)16/h2-7,10-12,21H,8-9H2,1H3,(H,20,24). The van der Waals surface area contributed by atoms with Crippen LogP contribution in [0.1, 0.15) is 15.9 Å². The van der Waals surface area contributed by atoms with E-state index >= 15 is 0 Å². The number of hydrogen-bond acceptors (Lipinski definition) is 2. The van der Waals surface area contributed by atoms with E-state index in [1.165, 1.54) is 10.9 Å². The van der Waals surface area contributed by atoms with Gasteiger partial charge in [-0.25, -0.2) is 4.98 Å². The van der Waals surface area contributed by atoms with Gasteiger partial charge < -0.3 is 14.9 Å². The Morgan fingerprint density at radius 1 is 1.25 bits per heavy atom. The summed E-state index contributed by atoms with van der Waals surface area (Å²) in [6, 6.07) is 13.8. The topological polar surface area (TPSA) is 62.7 Å². The first-order valence-corrected chi connectivity index (χ1v) is 7.96. The van der Waals surface area contributed by atoms with Crippen molar-refractivity contribution >= 4 is 27.8 Å². The third kappa shape index (κ3) is 2.54. The highest BCUT2D eigenvalue weighted by atomic mass is 16.1. The van der Waals surface area contributed by atoms with Crippen molar-refractivity contribution in [3.05, 3.63) is 66.1 Å². The summed E-state index contributed by atoms with van der Waals surface area (Å²) in [5.74, 6) is -0.0672. The molecule has 5 nitrogen and oxygen atoms in total. The van der Waals surface area contributed by atoms with Gasteiger partial charge in [0.2, 0.25) is 0 Å². The van der Waals surface area contributed by atoms with Gasteiger partial charge >= 0.3 is 0 Å². The predicted octanol–water partition coefficient (Wildman–Crippen LogP) is 3.03. The number of aryl methyl sites for hydroxylation is 1. The largest absolute Gasteiger partial charge is 0.361 e. The number of hydrogen-bond donors (Lipinski definition) is 2. The first kappa shape index (κ1) is 14.5. The van der Waals surface area contributed by atoms with Gasteiger partial charge in [-0.2, -0.15) is 0 Å². The third-order valence-electron chi connectivity index (χ3n) is 4.34. The number of para-hydroxylation sites is 1. The molecule has 24 heavy (non-hydrogen) atoms. The van der Waals surface area contributed by atoms with Crippen molar-refractivity contribution in [2.75, 3.05) is 6.54 Å². The molecular formula is C19H18N4O. The maximum absolute atomic E-state index is 12.3. The first-order chi connectivity index (χ1) is 11.7. The normalized spacial score (nSPS) is 11.2. The smallest absolute Gasteiger partial charge is 0.251 e. The van der Waals surface area contributed by atoms with Crippen LogP contribution in [0.5, 0.6) is 0 Å². The second-order valence-corrected chi connectivity index (χ2v) is 5.92. The number of amides is 1.